The van der Waals surface area contributed by atoms with Crippen LogP contribution in [0.4, 0.5) is 5.69 Å². The predicted octanol–water partition coefficient (Wildman–Crippen LogP) is 6.27. The second kappa shape index (κ2) is 11.2. The first kappa shape index (κ1) is 24.6. The second-order valence-corrected chi connectivity index (χ2v) is 10.1. The molecule has 9 heteroatoms. The number of halogens is 4. The quantitative estimate of drug-likeness (QED) is 0.201. The summed E-state index contributed by atoms with van der Waals surface area (Å²) in [7, 11) is 0. The molecule has 0 fully saturated rings. The van der Waals surface area contributed by atoms with Crippen molar-refractivity contribution in [1.82, 2.24) is 10.6 Å². The van der Waals surface area contributed by atoms with Crippen LogP contribution < -0.4 is 16.0 Å². The number of carbonyl (C=O) groups excluding carboxylic acids is 1. The van der Waals surface area contributed by atoms with Crippen LogP contribution in [0.1, 0.15) is 17.0 Å². The summed E-state index contributed by atoms with van der Waals surface area (Å²) in [6.07, 6.45) is -1.10. The van der Waals surface area contributed by atoms with Gasteiger partial charge in [-0.1, -0.05) is 107 Å². The molecule has 0 heterocycles. The number of carbonyl (C=O) groups is 1. The van der Waals surface area contributed by atoms with Gasteiger partial charge in [0.2, 0.25) is 9.70 Å². The third kappa shape index (κ3) is 6.99. The molecular weight excluding hydrogens is 508 g/mol. The first-order valence-corrected chi connectivity index (χ1v) is 11.5. The van der Waals surface area contributed by atoms with E-state index in [4.69, 9.17) is 58.6 Å². The minimum atomic E-state index is -1.88. The molecule has 0 aliphatic heterocycles. The number of amides is 1. The summed E-state index contributed by atoms with van der Waals surface area (Å²) >= 11 is 29.7. The Morgan fingerprint density at radius 1 is 0.781 bits per heavy atom. The van der Waals surface area contributed by atoms with E-state index in [1.807, 2.05) is 60.7 Å². The minimum absolute atomic E-state index is 0.167. The minimum Gasteiger partial charge on any atom is -0.339 e. The van der Waals surface area contributed by atoms with Gasteiger partial charge in [-0.25, -0.2) is 0 Å². The van der Waals surface area contributed by atoms with Gasteiger partial charge in [0.25, 0.3) is 0 Å². The molecule has 0 unspecified atom stereocenters. The number of nitrogens with one attached hydrogen (secondary N) is 3. The molecule has 3 aromatic carbocycles. The highest BCUT2D eigenvalue weighted by molar-refractivity contribution is 7.80. The zero-order chi connectivity index (χ0) is 23.1. The molecule has 32 heavy (non-hydrogen) atoms. The molecule has 0 aliphatic rings. The fraction of sp³-hybridized carbons (Fsp3) is 0.130. The van der Waals surface area contributed by atoms with Crippen LogP contribution in [0.2, 0.25) is 5.02 Å². The fourth-order valence-corrected chi connectivity index (χ4v) is 3.73. The molecule has 3 N–H and O–H groups in total. The standard InChI is InChI=1S/C23H19Cl4N3OS/c24-17-11-13-18(14-12-17)28-22(32)30-21(23(25,26)27)29-20(31)19(15-7-3-1-4-8-15)16-9-5-2-6-10-16/h1-14,19,21H,(H,29,31)(H2,28,30,32)/t21-/m1/s1. The number of anilines is 1. The summed E-state index contributed by atoms with van der Waals surface area (Å²) in [6.45, 7) is 0. The number of hydrogen-bond donors (Lipinski definition) is 3. The number of hydrogen-bond acceptors (Lipinski definition) is 2. The van der Waals surface area contributed by atoms with Crippen molar-refractivity contribution >= 4 is 75.3 Å². The highest BCUT2D eigenvalue weighted by Crippen LogP contribution is 2.31. The van der Waals surface area contributed by atoms with E-state index in [1.165, 1.54) is 0 Å². The molecule has 3 aromatic rings. The number of thiocarbonyl (C=S) groups is 1. The highest BCUT2D eigenvalue weighted by atomic mass is 35.6. The smallest absolute Gasteiger partial charge is 0.233 e. The summed E-state index contributed by atoms with van der Waals surface area (Å²) in [5, 5.41) is 9.38. The molecule has 4 nitrogen and oxygen atoms in total. The van der Waals surface area contributed by atoms with E-state index in [9.17, 15) is 4.79 Å². The van der Waals surface area contributed by atoms with Crippen LogP contribution in [-0.4, -0.2) is 21.0 Å². The normalized spacial score (nSPS) is 12.2. The Hall–Kier alpha value is -2.02. The largest absolute Gasteiger partial charge is 0.339 e. The lowest BCUT2D eigenvalue weighted by Crippen LogP contribution is -2.57. The third-order valence-electron chi connectivity index (χ3n) is 4.52. The van der Waals surface area contributed by atoms with Crippen molar-refractivity contribution in [2.45, 2.75) is 15.9 Å². The van der Waals surface area contributed by atoms with Gasteiger partial charge in [-0.05, 0) is 47.6 Å². The molecule has 0 aromatic heterocycles. The van der Waals surface area contributed by atoms with E-state index in [-0.39, 0.29) is 11.0 Å². The lowest BCUT2D eigenvalue weighted by molar-refractivity contribution is -0.122. The SMILES string of the molecule is O=C(N[C@H](NC(=S)Nc1ccc(Cl)cc1)C(Cl)(Cl)Cl)C(c1ccccc1)c1ccccc1. The Labute approximate surface area is 212 Å². The van der Waals surface area contributed by atoms with Crippen molar-refractivity contribution in [2.24, 2.45) is 0 Å². The second-order valence-electron chi connectivity index (χ2n) is 6.84. The Morgan fingerprint density at radius 2 is 1.28 bits per heavy atom. The summed E-state index contributed by atoms with van der Waals surface area (Å²) in [5.41, 5.74) is 2.30. The van der Waals surface area contributed by atoms with Crippen LogP contribution in [0.25, 0.3) is 0 Å². The maximum absolute atomic E-state index is 13.4. The third-order valence-corrected chi connectivity index (χ3v) is 5.65. The van der Waals surface area contributed by atoms with Gasteiger partial charge in [-0.15, -0.1) is 0 Å². The average molecular weight is 527 g/mol. The number of alkyl halides is 3. The molecule has 1 amide bonds. The summed E-state index contributed by atoms with van der Waals surface area (Å²) in [5.74, 6) is -0.952. The van der Waals surface area contributed by atoms with E-state index >= 15 is 0 Å². The summed E-state index contributed by atoms with van der Waals surface area (Å²) < 4.78 is -1.88. The lowest BCUT2D eigenvalue weighted by atomic mass is 9.90. The van der Waals surface area contributed by atoms with Gasteiger partial charge in [-0.2, -0.15) is 0 Å². The topological polar surface area (TPSA) is 53.2 Å². The van der Waals surface area contributed by atoms with Gasteiger partial charge in [0.1, 0.15) is 6.17 Å². The molecule has 0 bridgehead atoms. The summed E-state index contributed by atoms with van der Waals surface area (Å²) in [4.78, 5) is 13.4. The van der Waals surface area contributed by atoms with Crippen molar-refractivity contribution in [3.8, 4) is 0 Å². The van der Waals surface area contributed by atoms with E-state index in [2.05, 4.69) is 16.0 Å². The van der Waals surface area contributed by atoms with E-state index in [1.54, 1.807) is 24.3 Å². The van der Waals surface area contributed by atoms with Crippen molar-refractivity contribution < 1.29 is 4.79 Å². The number of benzene rings is 3. The van der Waals surface area contributed by atoms with Gasteiger partial charge in [0.15, 0.2) is 5.11 Å². The molecule has 166 valence electrons. The van der Waals surface area contributed by atoms with Crippen LogP contribution in [-0.2, 0) is 4.79 Å². The Bertz CT molecular complexity index is 1000. The molecule has 1 atom stereocenters. The predicted molar refractivity (Wildman–Crippen MR) is 138 cm³/mol. The maximum atomic E-state index is 13.4. The Morgan fingerprint density at radius 3 is 1.75 bits per heavy atom. The Balaban J connectivity index is 1.79. The fourth-order valence-electron chi connectivity index (χ4n) is 3.04. The monoisotopic (exact) mass is 525 g/mol. The molecular formula is C23H19Cl4N3OS. The van der Waals surface area contributed by atoms with E-state index in [0.717, 1.165) is 11.1 Å². The van der Waals surface area contributed by atoms with Gasteiger partial charge in [0.05, 0.1) is 5.92 Å². The summed E-state index contributed by atoms with van der Waals surface area (Å²) in [6, 6.07) is 25.7. The molecule has 0 aliphatic carbocycles. The van der Waals surface area contributed by atoms with Gasteiger partial charge in [0, 0.05) is 10.7 Å². The molecule has 0 spiro atoms. The highest BCUT2D eigenvalue weighted by Gasteiger charge is 2.36. The lowest BCUT2D eigenvalue weighted by Gasteiger charge is -2.29. The van der Waals surface area contributed by atoms with Crippen LogP contribution in [0.3, 0.4) is 0 Å². The zero-order valence-electron chi connectivity index (χ0n) is 16.6. The molecule has 0 saturated heterocycles. The van der Waals surface area contributed by atoms with Crippen LogP contribution in [0, 0.1) is 0 Å². The van der Waals surface area contributed by atoms with E-state index in [0.29, 0.717) is 10.7 Å². The van der Waals surface area contributed by atoms with Crippen molar-refractivity contribution in [1.29, 1.82) is 0 Å². The first-order valence-electron chi connectivity index (χ1n) is 9.54. The van der Waals surface area contributed by atoms with E-state index < -0.39 is 15.9 Å². The average Bonchev–Trinajstić information content (AvgIpc) is 2.76. The van der Waals surface area contributed by atoms with Gasteiger partial charge >= 0.3 is 0 Å². The van der Waals surface area contributed by atoms with Crippen molar-refractivity contribution in [2.75, 3.05) is 5.32 Å². The van der Waals surface area contributed by atoms with Gasteiger partial charge < -0.3 is 16.0 Å². The van der Waals surface area contributed by atoms with Crippen LogP contribution in [0.5, 0.6) is 0 Å². The van der Waals surface area contributed by atoms with Crippen molar-refractivity contribution in [3.63, 3.8) is 0 Å². The molecule has 3 rings (SSSR count). The van der Waals surface area contributed by atoms with Gasteiger partial charge in [-0.3, -0.25) is 4.79 Å². The van der Waals surface area contributed by atoms with Crippen molar-refractivity contribution in [3.05, 3.63) is 101 Å². The first-order chi connectivity index (χ1) is 15.2. The molecule has 0 saturated carbocycles. The van der Waals surface area contributed by atoms with Crippen LogP contribution in [0.15, 0.2) is 84.9 Å². The number of rotatable bonds is 6. The maximum Gasteiger partial charge on any atom is 0.233 e. The van der Waals surface area contributed by atoms with Crippen LogP contribution >= 0.6 is 58.6 Å². The zero-order valence-corrected chi connectivity index (χ0v) is 20.4. The molecule has 0 radical (unpaired) electrons. The Kier molecular flexibility index (Phi) is 8.63.